The molecule has 0 radical (unpaired) electrons. The number of aromatic nitrogens is 1. The fourth-order valence-electron chi connectivity index (χ4n) is 2.66. The maximum atomic E-state index is 12.2. The summed E-state index contributed by atoms with van der Waals surface area (Å²) < 4.78 is 5.93. The molecule has 0 bridgehead atoms. The van der Waals surface area contributed by atoms with E-state index in [9.17, 15) is 4.79 Å². The number of benzene rings is 1. The Morgan fingerprint density at radius 3 is 2.82 bits per heavy atom. The lowest BCUT2D eigenvalue weighted by atomic mass is 9.94. The van der Waals surface area contributed by atoms with Gasteiger partial charge in [-0.1, -0.05) is 18.2 Å². The summed E-state index contributed by atoms with van der Waals surface area (Å²) in [5.74, 6) is 1.31. The van der Waals surface area contributed by atoms with Crippen LogP contribution < -0.4 is 10.1 Å². The van der Waals surface area contributed by atoms with Crippen LogP contribution in [0.4, 0.5) is 0 Å². The number of amides is 1. The number of hydrogen-bond donors (Lipinski definition) is 1. The average molecular weight is 297 g/mol. The summed E-state index contributed by atoms with van der Waals surface area (Å²) in [5, 5.41) is 3.09. The SMILES string of the molecule is Cc1cccc2c1Oc1ncccc1C2NC(=O)CN(C)C. The molecule has 22 heavy (non-hydrogen) atoms. The normalized spacial score (nSPS) is 15.7. The fourth-order valence-corrected chi connectivity index (χ4v) is 2.66. The van der Waals surface area contributed by atoms with Crippen LogP contribution in [0.15, 0.2) is 36.5 Å². The summed E-state index contributed by atoms with van der Waals surface area (Å²) in [4.78, 5) is 18.3. The minimum Gasteiger partial charge on any atom is -0.438 e. The van der Waals surface area contributed by atoms with Crippen molar-refractivity contribution in [3.8, 4) is 11.6 Å². The molecule has 1 aliphatic rings. The Labute approximate surface area is 129 Å². The predicted molar refractivity (Wildman–Crippen MR) is 84.0 cm³/mol. The zero-order valence-corrected chi connectivity index (χ0v) is 13.0. The number of ether oxygens (including phenoxy) is 1. The first-order valence-corrected chi connectivity index (χ1v) is 7.22. The van der Waals surface area contributed by atoms with Crippen LogP contribution in [-0.4, -0.2) is 36.4 Å². The second kappa shape index (κ2) is 5.77. The number of nitrogens with zero attached hydrogens (tertiary/aromatic N) is 2. The van der Waals surface area contributed by atoms with Crippen molar-refractivity contribution in [2.45, 2.75) is 13.0 Å². The molecule has 1 unspecified atom stereocenters. The number of fused-ring (bicyclic) bond motifs is 2. The van der Waals surface area contributed by atoms with Gasteiger partial charge in [-0.3, -0.25) is 4.79 Å². The summed E-state index contributed by atoms with van der Waals surface area (Å²) in [6.45, 7) is 2.33. The summed E-state index contributed by atoms with van der Waals surface area (Å²) >= 11 is 0. The number of pyridine rings is 1. The molecule has 2 heterocycles. The van der Waals surface area contributed by atoms with Gasteiger partial charge in [0.05, 0.1) is 12.6 Å². The monoisotopic (exact) mass is 297 g/mol. The molecular formula is C17H19N3O2. The lowest BCUT2D eigenvalue weighted by Crippen LogP contribution is -2.37. The number of carbonyl (C=O) groups is 1. The van der Waals surface area contributed by atoms with E-state index in [0.29, 0.717) is 12.4 Å². The largest absolute Gasteiger partial charge is 0.438 e. The van der Waals surface area contributed by atoms with Gasteiger partial charge in [0.15, 0.2) is 0 Å². The molecule has 0 saturated carbocycles. The highest BCUT2D eigenvalue weighted by atomic mass is 16.5. The van der Waals surface area contributed by atoms with Crippen molar-refractivity contribution in [3.63, 3.8) is 0 Å². The maximum Gasteiger partial charge on any atom is 0.234 e. The number of aryl methyl sites for hydroxylation is 1. The molecule has 5 heteroatoms. The molecule has 5 nitrogen and oxygen atoms in total. The van der Waals surface area contributed by atoms with Crippen molar-refractivity contribution in [2.75, 3.05) is 20.6 Å². The van der Waals surface area contributed by atoms with Crippen molar-refractivity contribution in [2.24, 2.45) is 0 Å². The Balaban J connectivity index is 2.01. The lowest BCUT2D eigenvalue weighted by molar-refractivity contribution is -0.122. The molecule has 0 fully saturated rings. The second-order valence-electron chi connectivity index (χ2n) is 5.73. The highest BCUT2D eigenvalue weighted by molar-refractivity contribution is 5.79. The molecule has 1 atom stereocenters. The van der Waals surface area contributed by atoms with E-state index in [1.165, 1.54) is 0 Å². The van der Waals surface area contributed by atoms with Crippen LogP contribution in [0, 0.1) is 6.92 Å². The number of carbonyl (C=O) groups excluding carboxylic acids is 1. The molecule has 0 saturated heterocycles. The molecule has 0 spiro atoms. The molecule has 1 amide bonds. The minimum absolute atomic E-state index is 0.0286. The molecule has 3 rings (SSSR count). The van der Waals surface area contributed by atoms with E-state index in [4.69, 9.17) is 4.74 Å². The maximum absolute atomic E-state index is 12.2. The van der Waals surface area contributed by atoms with Crippen LogP contribution in [0.3, 0.4) is 0 Å². The number of rotatable bonds is 3. The van der Waals surface area contributed by atoms with Crippen molar-refractivity contribution < 1.29 is 9.53 Å². The smallest absolute Gasteiger partial charge is 0.234 e. The lowest BCUT2D eigenvalue weighted by Gasteiger charge is -2.29. The second-order valence-corrected chi connectivity index (χ2v) is 5.73. The third kappa shape index (κ3) is 2.67. The first kappa shape index (κ1) is 14.5. The topological polar surface area (TPSA) is 54.5 Å². The minimum atomic E-state index is -0.236. The Bertz CT molecular complexity index is 713. The van der Waals surface area contributed by atoms with Gasteiger partial charge < -0.3 is 15.0 Å². The first-order chi connectivity index (χ1) is 10.6. The highest BCUT2D eigenvalue weighted by Crippen LogP contribution is 2.42. The van der Waals surface area contributed by atoms with Gasteiger partial charge in [0, 0.05) is 17.3 Å². The van der Waals surface area contributed by atoms with Gasteiger partial charge in [-0.05, 0) is 38.7 Å². The van der Waals surface area contributed by atoms with Gasteiger partial charge in [-0.25, -0.2) is 4.98 Å². The summed E-state index contributed by atoms with van der Waals surface area (Å²) in [6.07, 6.45) is 1.70. The van der Waals surface area contributed by atoms with Gasteiger partial charge in [0.2, 0.25) is 11.8 Å². The van der Waals surface area contributed by atoms with Crippen LogP contribution in [0.1, 0.15) is 22.7 Å². The Morgan fingerprint density at radius 1 is 1.27 bits per heavy atom. The van der Waals surface area contributed by atoms with Crippen LogP contribution in [0.2, 0.25) is 0 Å². The van der Waals surface area contributed by atoms with Crippen molar-refractivity contribution in [1.82, 2.24) is 15.2 Å². The van der Waals surface area contributed by atoms with Crippen LogP contribution in [-0.2, 0) is 4.79 Å². The molecule has 114 valence electrons. The highest BCUT2D eigenvalue weighted by Gasteiger charge is 2.30. The summed E-state index contributed by atoms with van der Waals surface area (Å²) in [6, 6.07) is 9.51. The number of likely N-dealkylation sites (N-methyl/N-ethyl adjacent to an activating group) is 1. The molecule has 1 aromatic carbocycles. The van der Waals surface area contributed by atoms with E-state index < -0.39 is 0 Å². The Hall–Kier alpha value is -2.40. The van der Waals surface area contributed by atoms with E-state index in [1.54, 1.807) is 6.20 Å². The van der Waals surface area contributed by atoms with Gasteiger partial charge in [-0.15, -0.1) is 0 Å². The van der Waals surface area contributed by atoms with E-state index in [1.807, 2.05) is 56.3 Å². The average Bonchev–Trinajstić information content (AvgIpc) is 2.47. The third-order valence-electron chi connectivity index (χ3n) is 3.63. The summed E-state index contributed by atoms with van der Waals surface area (Å²) in [7, 11) is 3.74. The van der Waals surface area contributed by atoms with Crippen molar-refractivity contribution in [1.29, 1.82) is 0 Å². The zero-order chi connectivity index (χ0) is 15.7. The van der Waals surface area contributed by atoms with Crippen LogP contribution in [0.5, 0.6) is 11.6 Å². The van der Waals surface area contributed by atoms with Crippen LogP contribution in [0.25, 0.3) is 0 Å². The van der Waals surface area contributed by atoms with Gasteiger partial charge in [0.1, 0.15) is 5.75 Å². The first-order valence-electron chi connectivity index (χ1n) is 7.22. The molecule has 1 N–H and O–H groups in total. The van der Waals surface area contributed by atoms with E-state index in [0.717, 1.165) is 22.4 Å². The molecule has 2 aromatic rings. The summed E-state index contributed by atoms with van der Waals surface area (Å²) in [5.41, 5.74) is 2.88. The number of para-hydroxylation sites is 1. The standard InChI is InChI=1S/C17H19N3O2/c1-11-6-4-7-12-15(19-14(21)10-20(2)3)13-8-5-9-18-17(13)22-16(11)12/h4-9,15H,10H2,1-3H3,(H,19,21). The van der Waals surface area contributed by atoms with Gasteiger partial charge in [0.25, 0.3) is 0 Å². The molecule has 0 aliphatic carbocycles. The number of nitrogens with one attached hydrogen (secondary N) is 1. The Morgan fingerprint density at radius 2 is 2.05 bits per heavy atom. The molecule has 1 aliphatic heterocycles. The quantitative estimate of drug-likeness (QED) is 0.944. The van der Waals surface area contributed by atoms with E-state index in [-0.39, 0.29) is 11.9 Å². The van der Waals surface area contributed by atoms with Crippen LogP contribution >= 0.6 is 0 Å². The van der Waals surface area contributed by atoms with Crippen molar-refractivity contribution >= 4 is 5.91 Å². The predicted octanol–water partition coefficient (Wildman–Crippen LogP) is 2.26. The fraction of sp³-hybridized carbons (Fsp3) is 0.294. The van der Waals surface area contributed by atoms with E-state index in [2.05, 4.69) is 10.3 Å². The molecule has 1 aromatic heterocycles. The van der Waals surface area contributed by atoms with Gasteiger partial charge >= 0.3 is 0 Å². The third-order valence-corrected chi connectivity index (χ3v) is 3.63. The van der Waals surface area contributed by atoms with Gasteiger partial charge in [-0.2, -0.15) is 0 Å². The molecular weight excluding hydrogens is 278 g/mol. The Kier molecular flexibility index (Phi) is 3.81. The van der Waals surface area contributed by atoms with Crippen molar-refractivity contribution in [3.05, 3.63) is 53.2 Å². The zero-order valence-electron chi connectivity index (χ0n) is 13.0. The number of hydrogen-bond acceptors (Lipinski definition) is 4. The van der Waals surface area contributed by atoms with E-state index >= 15 is 0 Å².